The predicted molar refractivity (Wildman–Crippen MR) is 55.1 cm³/mol. The number of aliphatic carboxylic acids is 1. The van der Waals surface area contributed by atoms with Crippen LogP contribution in [0.5, 0.6) is 0 Å². The zero-order valence-corrected chi connectivity index (χ0v) is 8.84. The standard InChI is InChI=1S/C10H19NO3/c1-8(9(13)14)6-11-7-10(2,3)4-5-12/h11-12H,1,4-7H2,2-3H3,(H,13,14). The fraction of sp³-hybridized carbons (Fsp3) is 0.700. The molecule has 0 unspecified atom stereocenters. The molecule has 0 amide bonds. The van der Waals surface area contributed by atoms with Crippen LogP contribution in [-0.4, -0.2) is 35.9 Å². The molecule has 0 fully saturated rings. The van der Waals surface area contributed by atoms with Gasteiger partial charge in [-0.05, 0) is 11.8 Å². The minimum Gasteiger partial charge on any atom is -0.478 e. The van der Waals surface area contributed by atoms with E-state index in [1.807, 2.05) is 13.8 Å². The third-order valence-corrected chi connectivity index (χ3v) is 2.03. The molecule has 0 aliphatic carbocycles. The number of carboxylic acid groups (broad SMARTS) is 1. The topological polar surface area (TPSA) is 69.6 Å². The SMILES string of the molecule is C=C(CNCC(C)(C)CCO)C(=O)O. The summed E-state index contributed by atoms with van der Waals surface area (Å²) in [6.45, 7) is 8.53. The highest BCUT2D eigenvalue weighted by Crippen LogP contribution is 2.17. The molecule has 0 saturated heterocycles. The van der Waals surface area contributed by atoms with E-state index in [9.17, 15) is 4.79 Å². The van der Waals surface area contributed by atoms with Crippen molar-refractivity contribution in [1.29, 1.82) is 0 Å². The zero-order valence-electron chi connectivity index (χ0n) is 8.84. The van der Waals surface area contributed by atoms with Crippen molar-refractivity contribution >= 4 is 5.97 Å². The molecule has 0 aliphatic rings. The van der Waals surface area contributed by atoms with Crippen molar-refractivity contribution < 1.29 is 15.0 Å². The van der Waals surface area contributed by atoms with Gasteiger partial charge in [0.05, 0.1) is 0 Å². The van der Waals surface area contributed by atoms with Crippen LogP contribution in [0.25, 0.3) is 0 Å². The summed E-state index contributed by atoms with van der Waals surface area (Å²) in [6.07, 6.45) is 0.694. The summed E-state index contributed by atoms with van der Waals surface area (Å²) in [5.41, 5.74) is 0.137. The normalized spacial score (nSPS) is 11.4. The zero-order chi connectivity index (χ0) is 11.2. The molecule has 0 rings (SSSR count). The predicted octanol–water partition coefficient (Wildman–Crippen LogP) is 0.625. The second-order valence-corrected chi connectivity index (χ2v) is 4.15. The first-order chi connectivity index (χ1) is 6.39. The maximum absolute atomic E-state index is 10.4. The Morgan fingerprint density at radius 3 is 2.50 bits per heavy atom. The van der Waals surface area contributed by atoms with E-state index in [4.69, 9.17) is 10.2 Å². The summed E-state index contributed by atoms with van der Waals surface area (Å²) in [5, 5.41) is 20.3. The Hall–Kier alpha value is -0.870. The van der Waals surface area contributed by atoms with Crippen LogP contribution in [0, 0.1) is 5.41 Å². The molecule has 82 valence electrons. The number of aliphatic hydroxyl groups excluding tert-OH is 1. The Labute approximate surface area is 84.6 Å². The minimum absolute atomic E-state index is 0.0203. The monoisotopic (exact) mass is 201 g/mol. The van der Waals surface area contributed by atoms with Gasteiger partial charge in [0.2, 0.25) is 0 Å². The summed E-state index contributed by atoms with van der Waals surface area (Å²) in [4.78, 5) is 10.4. The Bertz CT molecular complexity index is 211. The summed E-state index contributed by atoms with van der Waals surface area (Å²) < 4.78 is 0. The Kier molecular flexibility index (Phi) is 5.42. The summed E-state index contributed by atoms with van der Waals surface area (Å²) in [5.74, 6) is -0.975. The Balaban J connectivity index is 3.73. The lowest BCUT2D eigenvalue weighted by Gasteiger charge is -2.23. The molecule has 0 heterocycles. The van der Waals surface area contributed by atoms with Crippen molar-refractivity contribution in [2.24, 2.45) is 5.41 Å². The van der Waals surface area contributed by atoms with E-state index in [0.717, 1.165) is 0 Å². The molecular weight excluding hydrogens is 182 g/mol. The van der Waals surface area contributed by atoms with Gasteiger partial charge in [0.1, 0.15) is 0 Å². The number of carboxylic acids is 1. The van der Waals surface area contributed by atoms with Gasteiger partial charge in [-0.1, -0.05) is 20.4 Å². The number of carbonyl (C=O) groups is 1. The molecule has 0 bridgehead atoms. The minimum atomic E-state index is -0.975. The highest BCUT2D eigenvalue weighted by atomic mass is 16.4. The smallest absolute Gasteiger partial charge is 0.332 e. The molecule has 0 aromatic carbocycles. The summed E-state index contributed by atoms with van der Waals surface area (Å²) in [6, 6.07) is 0. The first-order valence-electron chi connectivity index (χ1n) is 4.62. The van der Waals surface area contributed by atoms with E-state index in [2.05, 4.69) is 11.9 Å². The highest BCUT2D eigenvalue weighted by molar-refractivity contribution is 5.86. The lowest BCUT2D eigenvalue weighted by Crippen LogP contribution is -2.32. The number of aliphatic hydroxyl groups is 1. The molecule has 0 saturated carbocycles. The molecule has 0 atom stereocenters. The molecule has 0 radical (unpaired) electrons. The molecule has 4 nitrogen and oxygen atoms in total. The van der Waals surface area contributed by atoms with E-state index < -0.39 is 5.97 Å². The summed E-state index contributed by atoms with van der Waals surface area (Å²) >= 11 is 0. The first kappa shape index (κ1) is 13.1. The van der Waals surface area contributed by atoms with E-state index >= 15 is 0 Å². The van der Waals surface area contributed by atoms with Crippen LogP contribution < -0.4 is 5.32 Å². The fourth-order valence-corrected chi connectivity index (χ4v) is 1.02. The van der Waals surface area contributed by atoms with E-state index in [1.54, 1.807) is 0 Å². The average molecular weight is 201 g/mol. The van der Waals surface area contributed by atoms with Crippen molar-refractivity contribution in [3.63, 3.8) is 0 Å². The summed E-state index contributed by atoms with van der Waals surface area (Å²) in [7, 11) is 0. The van der Waals surface area contributed by atoms with Crippen LogP contribution in [0.15, 0.2) is 12.2 Å². The van der Waals surface area contributed by atoms with Crippen molar-refractivity contribution in [2.75, 3.05) is 19.7 Å². The van der Waals surface area contributed by atoms with Gasteiger partial charge in [0.15, 0.2) is 0 Å². The maximum Gasteiger partial charge on any atom is 0.332 e. The quantitative estimate of drug-likeness (QED) is 0.528. The van der Waals surface area contributed by atoms with Gasteiger partial charge in [-0.25, -0.2) is 4.79 Å². The van der Waals surface area contributed by atoms with Crippen molar-refractivity contribution in [3.05, 3.63) is 12.2 Å². The number of hydrogen-bond acceptors (Lipinski definition) is 3. The highest BCUT2D eigenvalue weighted by Gasteiger charge is 2.16. The first-order valence-corrected chi connectivity index (χ1v) is 4.62. The maximum atomic E-state index is 10.4. The van der Waals surface area contributed by atoms with Crippen molar-refractivity contribution in [1.82, 2.24) is 5.32 Å². The molecule has 0 aromatic rings. The van der Waals surface area contributed by atoms with Crippen LogP contribution in [0.1, 0.15) is 20.3 Å². The van der Waals surface area contributed by atoms with Crippen molar-refractivity contribution in [2.45, 2.75) is 20.3 Å². The van der Waals surface area contributed by atoms with Crippen molar-refractivity contribution in [3.8, 4) is 0 Å². The van der Waals surface area contributed by atoms with Gasteiger partial charge in [-0.15, -0.1) is 0 Å². The van der Waals surface area contributed by atoms with Gasteiger partial charge in [-0.2, -0.15) is 0 Å². The van der Waals surface area contributed by atoms with Crippen LogP contribution in [0.2, 0.25) is 0 Å². The van der Waals surface area contributed by atoms with Crippen LogP contribution in [-0.2, 0) is 4.79 Å². The largest absolute Gasteiger partial charge is 0.478 e. The van der Waals surface area contributed by atoms with Gasteiger partial charge in [0, 0.05) is 25.3 Å². The molecule has 3 N–H and O–H groups in total. The molecule has 0 spiro atoms. The second-order valence-electron chi connectivity index (χ2n) is 4.15. The molecule has 4 heteroatoms. The number of nitrogens with one attached hydrogen (secondary N) is 1. The molecular formula is C10H19NO3. The lowest BCUT2D eigenvalue weighted by atomic mass is 9.90. The second kappa shape index (κ2) is 5.78. The Morgan fingerprint density at radius 1 is 1.50 bits per heavy atom. The van der Waals surface area contributed by atoms with Gasteiger partial charge < -0.3 is 15.5 Å². The number of hydrogen-bond donors (Lipinski definition) is 3. The lowest BCUT2D eigenvalue weighted by molar-refractivity contribution is -0.132. The third kappa shape index (κ3) is 5.72. The number of rotatable bonds is 7. The van der Waals surface area contributed by atoms with E-state index in [0.29, 0.717) is 13.0 Å². The van der Waals surface area contributed by atoms with Gasteiger partial charge >= 0.3 is 5.97 Å². The van der Waals surface area contributed by atoms with E-state index in [-0.39, 0.29) is 24.1 Å². The van der Waals surface area contributed by atoms with Gasteiger partial charge in [-0.3, -0.25) is 0 Å². The molecule has 0 aromatic heterocycles. The van der Waals surface area contributed by atoms with Crippen LogP contribution in [0.4, 0.5) is 0 Å². The van der Waals surface area contributed by atoms with Crippen LogP contribution >= 0.6 is 0 Å². The average Bonchev–Trinajstić information content (AvgIpc) is 2.03. The third-order valence-electron chi connectivity index (χ3n) is 2.03. The van der Waals surface area contributed by atoms with E-state index in [1.165, 1.54) is 0 Å². The fourth-order valence-electron chi connectivity index (χ4n) is 1.02. The Morgan fingerprint density at radius 2 is 2.07 bits per heavy atom. The van der Waals surface area contributed by atoms with Crippen LogP contribution in [0.3, 0.4) is 0 Å². The molecule has 0 aliphatic heterocycles. The van der Waals surface area contributed by atoms with Gasteiger partial charge in [0.25, 0.3) is 0 Å². The molecule has 14 heavy (non-hydrogen) atoms.